The van der Waals surface area contributed by atoms with Crippen LogP contribution < -0.4 is 5.56 Å². The quantitative estimate of drug-likeness (QED) is 0.539. The summed E-state index contributed by atoms with van der Waals surface area (Å²) in [5.74, 6) is 0.355. The van der Waals surface area contributed by atoms with Crippen molar-refractivity contribution in [2.24, 2.45) is 0 Å². The maximum absolute atomic E-state index is 12.8. The molecule has 0 saturated heterocycles. The van der Waals surface area contributed by atoms with Gasteiger partial charge in [0.15, 0.2) is 5.82 Å². The number of hydrogen-bond acceptors (Lipinski definition) is 4. The molecule has 0 spiro atoms. The third-order valence-corrected chi connectivity index (χ3v) is 5.29. The number of thiophene rings is 1. The highest BCUT2D eigenvalue weighted by Gasteiger charge is 2.17. The minimum Gasteiger partial charge on any atom is -0.305 e. The van der Waals surface area contributed by atoms with Gasteiger partial charge in [0.1, 0.15) is 4.83 Å². The summed E-state index contributed by atoms with van der Waals surface area (Å²) in [7, 11) is 0. The van der Waals surface area contributed by atoms with Gasteiger partial charge in [-0.25, -0.2) is 4.98 Å². The van der Waals surface area contributed by atoms with E-state index in [-0.39, 0.29) is 5.56 Å². The monoisotopic (exact) mass is 379 g/mol. The van der Waals surface area contributed by atoms with Gasteiger partial charge >= 0.3 is 0 Å². The van der Waals surface area contributed by atoms with E-state index in [2.05, 4.69) is 15.0 Å². The third-order valence-electron chi connectivity index (χ3n) is 4.00. The van der Waals surface area contributed by atoms with Crippen LogP contribution in [0.2, 0.25) is 0 Å². The molecule has 0 radical (unpaired) electrons. The molecule has 6 heteroatoms. The number of H-pyrrole nitrogens is 1. The molecule has 1 N–H and O–H groups in total. The Bertz CT molecular complexity index is 1160. The first-order valence-electron chi connectivity index (χ1n) is 8.00. The Balaban J connectivity index is 1.87. The van der Waals surface area contributed by atoms with E-state index >= 15 is 0 Å². The first kappa shape index (κ1) is 16.7. The fourth-order valence-electron chi connectivity index (χ4n) is 2.86. The molecule has 0 atom stereocenters. The molecule has 0 aliphatic heterocycles. The topological polar surface area (TPSA) is 58.6 Å². The van der Waals surface area contributed by atoms with Gasteiger partial charge in [0.05, 0.1) is 10.4 Å². The number of aromatic amines is 1. The van der Waals surface area contributed by atoms with Gasteiger partial charge in [-0.1, -0.05) is 48.0 Å². The second-order valence-corrected chi connectivity index (χ2v) is 7.38. The summed E-state index contributed by atoms with van der Waals surface area (Å²) >= 11 is 7.88. The Labute approximate surface area is 158 Å². The molecule has 0 saturated carbocycles. The van der Waals surface area contributed by atoms with Gasteiger partial charge in [-0.2, -0.15) is 0 Å². The van der Waals surface area contributed by atoms with Crippen LogP contribution >= 0.6 is 22.9 Å². The van der Waals surface area contributed by atoms with E-state index in [1.54, 1.807) is 18.5 Å². The molecule has 4 aromatic rings. The SMILES string of the molecule is Cc1sc2nc(/C(Cl)=C/c3cccnc3)[nH]c(=O)c2c1-c1ccccc1. The molecule has 26 heavy (non-hydrogen) atoms. The minimum absolute atomic E-state index is 0.189. The summed E-state index contributed by atoms with van der Waals surface area (Å²) in [5, 5.41) is 0.970. The van der Waals surface area contributed by atoms with Crippen LogP contribution in [0.5, 0.6) is 0 Å². The Hall–Kier alpha value is -2.76. The fraction of sp³-hybridized carbons (Fsp3) is 0.0500. The van der Waals surface area contributed by atoms with Crippen LogP contribution in [0.4, 0.5) is 0 Å². The van der Waals surface area contributed by atoms with Crippen LogP contribution in [0, 0.1) is 6.92 Å². The highest BCUT2D eigenvalue weighted by atomic mass is 35.5. The largest absolute Gasteiger partial charge is 0.305 e. The lowest BCUT2D eigenvalue weighted by Crippen LogP contribution is -2.10. The smallest absolute Gasteiger partial charge is 0.260 e. The second kappa shape index (κ2) is 6.86. The number of benzene rings is 1. The van der Waals surface area contributed by atoms with Crippen molar-refractivity contribution >= 4 is 44.3 Å². The van der Waals surface area contributed by atoms with Gasteiger partial charge < -0.3 is 4.98 Å². The van der Waals surface area contributed by atoms with Crippen molar-refractivity contribution in [2.75, 3.05) is 0 Å². The van der Waals surface area contributed by atoms with E-state index in [1.165, 1.54) is 11.3 Å². The van der Waals surface area contributed by atoms with Gasteiger partial charge in [0, 0.05) is 22.8 Å². The lowest BCUT2D eigenvalue weighted by atomic mass is 10.0. The molecule has 0 aliphatic carbocycles. The lowest BCUT2D eigenvalue weighted by Gasteiger charge is -2.02. The van der Waals surface area contributed by atoms with E-state index in [0.29, 0.717) is 21.1 Å². The van der Waals surface area contributed by atoms with Crippen molar-refractivity contribution in [3.63, 3.8) is 0 Å². The Morgan fingerprint density at radius 3 is 2.73 bits per heavy atom. The molecule has 0 bridgehead atoms. The fourth-order valence-corrected chi connectivity index (χ4v) is 4.12. The zero-order valence-corrected chi connectivity index (χ0v) is 15.4. The van der Waals surface area contributed by atoms with Crippen LogP contribution in [0.15, 0.2) is 59.7 Å². The van der Waals surface area contributed by atoms with Gasteiger partial charge in [-0.15, -0.1) is 11.3 Å². The molecule has 3 aromatic heterocycles. The molecular formula is C20H14ClN3OS. The molecule has 3 heterocycles. The van der Waals surface area contributed by atoms with E-state index in [0.717, 1.165) is 21.6 Å². The summed E-state index contributed by atoms with van der Waals surface area (Å²) in [5.41, 5.74) is 2.59. The van der Waals surface area contributed by atoms with Crippen molar-refractivity contribution in [1.82, 2.24) is 15.0 Å². The number of hydrogen-bond donors (Lipinski definition) is 1. The molecule has 1 aromatic carbocycles. The number of fused-ring (bicyclic) bond motifs is 1. The number of aryl methyl sites for hydroxylation is 1. The summed E-state index contributed by atoms with van der Waals surface area (Å²) in [6.45, 7) is 2.00. The highest BCUT2D eigenvalue weighted by molar-refractivity contribution is 7.19. The van der Waals surface area contributed by atoms with Gasteiger partial charge in [-0.05, 0) is 30.2 Å². The van der Waals surface area contributed by atoms with Crippen LogP contribution in [0.1, 0.15) is 16.3 Å². The van der Waals surface area contributed by atoms with Crippen molar-refractivity contribution in [3.05, 3.63) is 81.5 Å². The van der Waals surface area contributed by atoms with Crippen molar-refractivity contribution in [2.45, 2.75) is 6.92 Å². The Kier molecular flexibility index (Phi) is 4.41. The molecule has 4 nitrogen and oxygen atoms in total. The number of nitrogens with one attached hydrogen (secondary N) is 1. The first-order valence-corrected chi connectivity index (χ1v) is 9.19. The summed E-state index contributed by atoms with van der Waals surface area (Å²) in [4.78, 5) is 26.0. The molecule has 0 amide bonds. The zero-order chi connectivity index (χ0) is 18.1. The lowest BCUT2D eigenvalue weighted by molar-refractivity contribution is 1.14. The molecule has 0 unspecified atom stereocenters. The molecule has 0 aliphatic rings. The average molecular weight is 380 g/mol. The molecule has 4 rings (SSSR count). The normalized spacial score (nSPS) is 11.8. The van der Waals surface area contributed by atoms with E-state index in [4.69, 9.17) is 11.6 Å². The number of pyridine rings is 1. The molecule has 128 valence electrons. The van der Waals surface area contributed by atoms with E-state index in [9.17, 15) is 4.79 Å². The number of rotatable bonds is 3. The summed E-state index contributed by atoms with van der Waals surface area (Å²) in [6, 6.07) is 13.6. The Morgan fingerprint density at radius 1 is 1.19 bits per heavy atom. The van der Waals surface area contributed by atoms with Crippen LogP contribution in [0.25, 0.3) is 32.5 Å². The van der Waals surface area contributed by atoms with Gasteiger partial charge in [0.25, 0.3) is 5.56 Å². The third kappa shape index (κ3) is 3.07. The van der Waals surface area contributed by atoms with Crippen molar-refractivity contribution in [3.8, 4) is 11.1 Å². The van der Waals surface area contributed by atoms with Crippen LogP contribution in [-0.4, -0.2) is 15.0 Å². The van der Waals surface area contributed by atoms with E-state index < -0.39 is 0 Å². The predicted molar refractivity (Wildman–Crippen MR) is 108 cm³/mol. The Morgan fingerprint density at radius 2 is 2.00 bits per heavy atom. The number of halogens is 1. The van der Waals surface area contributed by atoms with E-state index in [1.807, 2.05) is 49.4 Å². The minimum atomic E-state index is -0.189. The first-order chi connectivity index (χ1) is 12.6. The predicted octanol–water partition coefficient (Wildman–Crippen LogP) is 5.09. The summed E-state index contributed by atoms with van der Waals surface area (Å²) in [6.07, 6.45) is 5.12. The maximum Gasteiger partial charge on any atom is 0.260 e. The summed E-state index contributed by atoms with van der Waals surface area (Å²) < 4.78 is 0. The zero-order valence-electron chi connectivity index (χ0n) is 13.9. The van der Waals surface area contributed by atoms with Crippen LogP contribution in [0.3, 0.4) is 0 Å². The number of aromatic nitrogens is 3. The van der Waals surface area contributed by atoms with Crippen molar-refractivity contribution in [1.29, 1.82) is 0 Å². The standard InChI is InChI=1S/C20H14ClN3OS/c1-12-16(14-7-3-2-4-8-14)17-19(25)23-18(24-20(17)26-12)15(21)10-13-6-5-9-22-11-13/h2-11H,1H3,(H,23,24,25)/b15-10-. The highest BCUT2D eigenvalue weighted by Crippen LogP contribution is 2.35. The molecule has 0 fully saturated rings. The second-order valence-electron chi connectivity index (χ2n) is 5.77. The molecular weight excluding hydrogens is 366 g/mol. The van der Waals surface area contributed by atoms with Crippen molar-refractivity contribution < 1.29 is 0 Å². The maximum atomic E-state index is 12.8. The average Bonchev–Trinajstić information content (AvgIpc) is 2.99. The van der Waals surface area contributed by atoms with Crippen LogP contribution in [-0.2, 0) is 0 Å². The number of nitrogens with zero attached hydrogens (tertiary/aromatic N) is 2. The van der Waals surface area contributed by atoms with Gasteiger partial charge in [-0.3, -0.25) is 9.78 Å². The van der Waals surface area contributed by atoms with Gasteiger partial charge in [0.2, 0.25) is 0 Å².